The lowest BCUT2D eigenvalue weighted by atomic mass is 10.4. The van der Waals surface area contributed by atoms with Crippen LogP contribution in [-0.2, 0) is 6.18 Å². The van der Waals surface area contributed by atoms with Crippen molar-refractivity contribution in [2.45, 2.75) is 6.18 Å². The van der Waals surface area contributed by atoms with Gasteiger partial charge in [-0.15, -0.1) is 0 Å². The Kier molecular flexibility index (Phi) is 2.53. The Labute approximate surface area is 80.7 Å². The van der Waals surface area contributed by atoms with Gasteiger partial charge < -0.3 is 5.73 Å². The van der Waals surface area contributed by atoms with Crippen molar-refractivity contribution in [3.63, 3.8) is 0 Å². The summed E-state index contributed by atoms with van der Waals surface area (Å²) < 4.78 is 36.4. The second-order valence-electron chi connectivity index (χ2n) is 2.04. The second kappa shape index (κ2) is 3.19. The molecule has 72 valence electrons. The Morgan fingerprint density at radius 2 is 1.69 bits per heavy atom. The standard InChI is InChI=1S/C5H2Cl2F3N3/c6-1-2(5(8,9)10)12-4(7)13-3(1)11/h(H2,11,12,13). The van der Waals surface area contributed by atoms with Crippen LogP contribution in [0.2, 0.25) is 10.3 Å². The summed E-state index contributed by atoms with van der Waals surface area (Å²) in [5.41, 5.74) is 3.72. The van der Waals surface area contributed by atoms with Gasteiger partial charge in [0.1, 0.15) is 10.8 Å². The first-order chi connectivity index (χ1) is 5.82. The Balaban J connectivity index is 3.37. The summed E-state index contributed by atoms with van der Waals surface area (Å²) in [5.74, 6) is -0.492. The maximum atomic E-state index is 12.1. The minimum Gasteiger partial charge on any atom is -0.382 e. The summed E-state index contributed by atoms with van der Waals surface area (Å²) in [5, 5.41) is -1.33. The van der Waals surface area contributed by atoms with Gasteiger partial charge in [0.2, 0.25) is 5.28 Å². The van der Waals surface area contributed by atoms with Crippen molar-refractivity contribution in [3.05, 3.63) is 16.0 Å². The molecule has 0 saturated heterocycles. The van der Waals surface area contributed by atoms with Crippen molar-refractivity contribution in [3.8, 4) is 0 Å². The minimum atomic E-state index is -4.68. The van der Waals surface area contributed by atoms with Crippen LogP contribution in [0.15, 0.2) is 0 Å². The van der Waals surface area contributed by atoms with Gasteiger partial charge in [-0.2, -0.15) is 18.2 Å². The van der Waals surface area contributed by atoms with Crippen molar-refractivity contribution in [1.29, 1.82) is 0 Å². The highest BCUT2D eigenvalue weighted by Gasteiger charge is 2.36. The van der Waals surface area contributed by atoms with Crippen LogP contribution < -0.4 is 5.73 Å². The number of nitrogens with zero attached hydrogens (tertiary/aromatic N) is 2. The molecule has 0 aliphatic carbocycles. The third-order valence-electron chi connectivity index (χ3n) is 1.12. The van der Waals surface area contributed by atoms with Crippen LogP contribution in [0.4, 0.5) is 19.0 Å². The van der Waals surface area contributed by atoms with E-state index in [9.17, 15) is 13.2 Å². The van der Waals surface area contributed by atoms with Crippen LogP contribution in [0.5, 0.6) is 0 Å². The van der Waals surface area contributed by atoms with Crippen LogP contribution >= 0.6 is 23.2 Å². The number of anilines is 1. The van der Waals surface area contributed by atoms with Gasteiger partial charge in [0.25, 0.3) is 0 Å². The number of nitrogen functional groups attached to an aromatic ring is 1. The first kappa shape index (κ1) is 10.3. The van der Waals surface area contributed by atoms with Crippen LogP contribution in [0, 0.1) is 0 Å². The highest BCUT2D eigenvalue weighted by Crippen LogP contribution is 2.35. The predicted molar refractivity (Wildman–Crippen MR) is 41.5 cm³/mol. The summed E-state index contributed by atoms with van der Waals surface area (Å²) in [6.45, 7) is 0. The van der Waals surface area contributed by atoms with Crippen molar-refractivity contribution in [2.24, 2.45) is 0 Å². The first-order valence-corrected chi connectivity index (χ1v) is 3.63. The van der Waals surface area contributed by atoms with Crippen LogP contribution in [0.1, 0.15) is 5.69 Å². The van der Waals surface area contributed by atoms with E-state index in [2.05, 4.69) is 9.97 Å². The van der Waals surface area contributed by atoms with Crippen molar-refractivity contribution < 1.29 is 13.2 Å². The molecule has 0 aliphatic heterocycles. The lowest BCUT2D eigenvalue weighted by molar-refractivity contribution is -0.141. The zero-order chi connectivity index (χ0) is 10.2. The van der Waals surface area contributed by atoms with Gasteiger partial charge in [-0.05, 0) is 11.6 Å². The summed E-state index contributed by atoms with van der Waals surface area (Å²) in [4.78, 5) is 6.17. The largest absolute Gasteiger partial charge is 0.435 e. The van der Waals surface area contributed by atoms with E-state index in [1.54, 1.807) is 0 Å². The number of alkyl halides is 3. The van der Waals surface area contributed by atoms with Crippen LogP contribution in [0.3, 0.4) is 0 Å². The Bertz CT molecular complexity index is 339. The average molecular weight is 232 g/mol. The average Bonchev–Trinajstić information content (AvgIpc) is 1.94. The number of aromatic nitrogens is 2. The molecule has 0 spiro atoms. The highest BCUT2D eigenvalue weighted by atomic mass is 35.5. The number of nitrogens with two attached hydrogens (primary N) is 1. The van der Waals surface area contributed by atoms with Gasteiger partial charge in [0.15, 0.2) is 5.69 Å². The Morgan fingerprint density at radius 1 is 1.15 bits per heavy atom. The quantitative estimate of drug-likeness (QED) is 0.698. The van der Waals surface area contributed by atoms with Crippen LogP contribution in [0.25, 0.3) is 0 Å². The summed E-state index contributed by atoms with van der Waals surface area (Å²) >= 11 is 10.4. The lowest BCUT2D eigenvalue weighted by Gasteiger charge is -2.08. The maximum absolute atomic E-state index is 12.1. The first-order valence-electron chi connectivity index (χ1n) is 2.88. The van der Waals surface area contributed by atoms with E-state index >= 15 is 0 Å². The zero-order valence-corrected chi connectivity index (χ0v) is 7.37. The van der Waals surface area contributed by atoms with Gasteiger partial charge >= 0.3 is 6.18 Å². The number of hydrogen-bond acceptors (Lipinski definition) is 3. The summed E-state index contributed by atoms with van der Waals surface area (Å²) in [6.07, 6.45) is -4.68. The molecule has 0 amide bonds. The third kappa shape index (κ3) is 2.13. The molecule has 0 fully saturated rings. The molecule has 1 heterocycles. The number of halogens is 5. The molecule has 0 atom stereocenters. The van der Waals surface area contributed by atoms with E-state index < -0.39 is 28.0 Å². The van der Waals surface area contributed by atoms with Gasteiger partial charge in [-0.3, -0.25) is 0 Å². The monoisotopic (exact) mass is 231 g/mol. The van der Waals surface area contributed by atoms with Gasteiger partial charge in [0, 0.05) is 0 Å². The van der Waals surface area contributed by atoms with Gasteiger partial charge in [0.05, 0.1) is 0 Å². The normalized spacial score (nSPS) is 11.8. The van der Waals surface area contributed by atoms with E-state index in [0.717, 1.165) is 0 Å². The molecule has 0 bridgehead atoms. The van der Waals surface area contributed by atoms with E-state index in [0.29, 0.717) is 0 Å². The molecule has 3 nitrogen and oxygen atoms in total. The SMILES string of the molecule is Nc1nc(Cl)nc(C(F)(F)F)c1Cl. The molecule has 0 saturated carbocycles. The van der Waals surface area contributed by atoms with E-state index in [4.69, 9.17) is 28.9 Å². The molecule has 1 aromatic heterocycles. The fourth-order valence-electron chi connectivity index (χ4n) is 0.624. The Morgan fingerprint density at radius 3 is 2.15 bits per heavy atom. The highest BCUT2D eigenvalue weighted by molar-refractivity contribution is 6.34. The smallest absolute Gasteiger partial charge is 0.382 e. The molecular formula is C5H2Cl2F3N3. The molecule has 0 aromatic carbocycles. The molecule has 8 heteroatoms. The van der Waals surface area contributed by atoms with Crippen molar-refractivity contribution in [2.75, 3.05) is 5.73 Å². The topological polar surface area (TPSA) is 51.8 Å². The lowest BCUT2D eigenvalue weighted by Crippen LogP contribution is -2.11. The number of hydrogen-bond donors (Lipinski definition) is 1. The molecule has 2 N–H and O–H groups in total. The second-order valence-corrected chi connectivity index (χ2v) is 2.75. The predicted octanol–water partition coefficient (Wildman–Crippen LogP) is 2.38. The summed E-state index contributed by atoms with van der Waals surface area (Å²) in [6, 6.07) is 0. The fourth-order valence-corrected chi connectivity index (χ4v) is 0.991. The minimum absolute atomic E-state index is 0.492. The summed E-state index contributed by atoms with van der Waals surface area (Å²) in [7, 11) is 0. The van der Waals surface area contributed by atoms with Crippen molar-refractivity contribution >= 4 is 29.0 Å². The third-order valence-corrected chi connectivity index (χ3v) is 1.66. The van der Waals surface area contributed by atoms with Gasteiger partial charge in [-0.25, -0.2) is 4.98 Å². The molecule has 1 rings (SSSR count). The zero-order valence-electron chi connectivity index (χ0n) is 5.86. The van der Waals surface area contributed by atoms with Crippen LogP contribution in [-0.4, -0.2) is 9.97 Å². The van der Waals surface area contributed by atoms with E-state index in [-0.39, 0.29) is 0 Å². The fraction of sp³-hybridized carbons (Fsp3) is 0.200. The van der Waals surface area contributed by atoms with E-state index in [1.807, 2.05) is 0 Å². The molecule has 0 aliphatic rings. The molecule has 0 unspecified atom stereocenters. The molecule has 0 radical (unpaired) electrons. The maximum Gasteiger partial charge on any atom is 0.435 e. The molecular weight excluding hydrogens is 230 g/mol. The van der Waals surface area contributed by atoms with E-state index in [1.165, 1.54) is 0 Å². The molecule has 13 heavy (non-hydrogen) atoms. The Hall–Kier alpha value is -0.750. The molecule has 1 aromatic rings. The van der Waals surface area contributed by atoms with Gasteiger partial charge in [-0.1, -0.05) is 11.6 Å². The number of rotatable bonds is 0. The van der Waals surface area contributed by atoms with Crippen molar-refractivity contribution in [1.82, 2.24) is 9.97 Å².